The molecule has 2 aromatic heterocycles. The van der Waals surface area contributed by atoms with Crippen molar-refractivity contribution in [1.82, 2.24) is 14.7 Å². The number of pyridine rings is 1. The van der Waals surface area contributed by atoms with E-state index in [9.17, 15) is 19.8 Å². The molecule has 0 aromatic carbocycles. The summed E-state index contributed by atoms with van der Waals surface area (Å²) in [6, 6.07) is 5.01. The van der Waals surface area contributed by atoms with Gasteiger partial charge in [0.25, 0.3) is 5.91 Å². The monoisotopic (exact) mass is 383 g/mol. The average molecular weight is 383 g/mol. The lowest BCUT2D eigenvalue weighted by atomic mass is 9.46. The Bertz CT molecular complexity index is 967. The number of nitrogens with one attached hydrogen (secondary N) is 1. The second-order valence-corrected chi connectivity index (χ2v) is 9.31. The molecule has 3 atom stereocenters. The SMILES string of the molecule is CC(NC(=O)c1cccc2nc(C(=O)O)cn12)C12CC3CC(CC(O)(C3)C1)C2. The number of hydrogen-bond acceptors (Lipinski definition) is 4. The third kappa shape index (κ3) is 2.64. The van der Waals surface area contributed by atoms with Crippen LogP contribution in [0.2, 0.25) is 0 Å². The van der Waals surface area contributed by atoms with Gasteiger partial charge in [-0.1, -0.05) is 6.07 Å². The van der Waals surface area contributed by atoms with Crippen LogP contribution in [0, 0.1) is 17.3 Å². The smallest absolute Gasteiger partial charge is 0.356 e. The van der Waals surface area contributed by atoms with Gasteiger partial charge in [-0.05, 0) is 74.8 Å². The van der Waals surface area contributed by atoms with Crippen LogP contribution < -0.4 is 5.32 Å². The fourth-order valence-corrected chi connectivity index (χ4v) is 6.51. The number of aromatic nitrogens is 2. The van der Waals surface area contributed by atoms with Crippen LogP contribution in [0.3, 0.4) is 0 Å². The van der Waals surface area contributed by atoms with Gasteiger partial charge in [-0.25, -0.2) is 9.78 Å². The number of amides is 1. The van der Waals surface area contributed by atoms with E-state index in [4.69, 9.17) is 0 Å². The zero-order valence-corrected chi connectivity index (χ0v) is 15.9. The maximum Gasteiger partial charge on any atom is 0.356 e. The standard InChI is InChI=1S/C21H25N3O4/c1-12(20-6-13-5-14(7-20)9-21(28,8-13)11-20)22-18(25)16-3-2-4-17-23-15(19(26)27)10-24(16)17/h2-4,10,12-14,28H,5-9,11H2,1H3,(H,22,25)(H,26,27). The van der Waals surface area contributed by atoms with Crippen molar-refractivity contribution in [2.45, 2.75) is 57.1 Å². The Hall–Kier alpha value is -2.41. The van der Waals surface area contributed by atoms with Gasteiger partial charge in [-0.3, -0.25) is 9.20 Å². The molecule has 4 aliphatic carbocycles. The number of carbonyl (C=O) groups excluding carboxylic acids is 1. The highest BCUT2D eigenvalue weighted by molar-refractivity contribution is 5.94. The predicted molar refractivity (Wildman–Crippen MR) is 101 cm³/mol. The van der Waals surface area contributed by atoms with Gasteiger partial charge >= 0.3 is 5.97 Å². The van der Waals surface area contributed by atoms with E-state index in [1.54, 1.807) is 18.2 Å². The van der Waals surface area contributed by atoms with Crippen molar-refractivity contribution in [2.24, 2.45) is 17.3 Å². The molecule has 0 radical (unpaired) electrons. The van der Waals surface area contributed by atoms with Crippen LogP contribution in [-0.2, 0) is 0 Å². The molecule has 3 N–H and O–H groups in total. The van der Waals surface area contributed by atoms with Crippen molar-refractivity contribution in [3.05, 3.63) is 35.8 Å². The Morgan fingerprint density at radius 3 is 2.61 bits per heavy atom. The molecule has 4 bridgehead atoms. The molecule has 0 saturated heterocycles. The Morgan fingerprint density at radius 1 is 1.25 bits per heavy atom. The summed E-state index contributed by atoms with van der Waals surface area (Å²) in [5.74, 6) is -0.248. The molecule has 28 heavy (non-hydrogen) atoms. The molecule has 148 valence electrons. The molecule has 2 aromatic rings. The lowest BCUT2D eigenvalue weighted by molar-refractivity contribution is -0.171. The van der Waals surface area contributed by atoms with E-state index >= 15 is 0 Å². The lowest BCUT2D eigenvalue weighted by Gasteiger charge is -2.62. The van der Waals surface area contributed by atoms with Crippen molar-refractivity contribution < 1.29 is 19.8 Å². The molecule has 2 heterocycles. The van der Waals surface area contributed by atoms with Crippen LogP contribution in [0.4, 0.5) is 0 Å². The van der Waals surface area contributed by atoms with Gasteiger partial charge in [0.05, 0.1) is 5.60 Å². The second kappa shape index (κ2) is 5.80. The highest BCUT2D eigenvalue weighted by Crippen LogP contribution is 2.62. The molecule has 7 nitrogen and oxygen atoms in total. The molecule has 1 amide bonds. The van der Waals surface area contributed by atoms with E-state index in [0.29, 0.717) is 23.2 Å². The topological polar surface area (TPSA) is 104 Å². The van der Waals surface area contributed by atoms with Gasteiger partial charge in [-0.15, -0.1) is 0 Å². The van der Waals surface area contributed by atoms with Gasteiger partial charge in [0.15, 0.2) is 5.69 Å². The quantitative estimate of drug-likeness (QED) is 0.752. The van der Waals surface area contributed by atoms with E-state index in [1.807, 2.05) is 6.92 Å². The highest BCUT2D eigenvalue weighted by Gasteiger charge is 2.59. The van der Waals surface area contributed by atoms with Crippen molar-refractivity contribution in [1.29, 1.82) is 0 Å². The van der Waals surface area contributed by atoms with Gasteiger partial charge in [0.1, 0.15) is 11.3 Å². The van der Waals surface area contributed by atoms with E-state index < -0.39 is 11.6 Å². The van der Waals surface area contributed by atoms with Gasteiger partial charge in [0.2, 0.25) is 0 Å². The molecule has 4 saturated carbocycles. The number of fused-ring (bicyclic) bond motifs is 1. The normalized spacial score (nSPS) is 34.5. The van der Waals surface area contributed by atoms with E-state index in [1.165, 1.54) is 17.0 Å². The number of aromatic carboxylic acids is 1. The number of nitrogens with zero attached hydrogens (tertiary/aromatic N) is 2. The minimum absolute atomic E-state index is 0.0520. The molecule has 3 unspecified atom stereocenters. The Kier molecular flexibility index (Phi) is 3.66. The van der Waals surface area contributed by atoms with E-state index in [0.717, 1.165) is 32.1 Å². The number of carboxylic acid groups (broad SMARTS) is 1. The zero-order valence-electron chi connectivity index (χ0n) is 15.9. The predicted octanol–water partition coefficient (Wildman–Crippen LogP) is 2.48. The summed E-state index contributed by atoms with van der Waals surface area (Å²) in [6.07, 6.45) is 7.27. The first-order valence-corrected chi connectivity index (χ1v) is 10.0. The number of carbonyl (C=O) groups is 2. The summed E-state index contributed by atoms with van der Waals surface area (Å²) in [5, 5.41) is 23.3. The van der Waals surface area contributed by atoms with Crippen LogP contribution in [0.5, 0.6) is 0 Å². The summed E-state index contributed by atoms with van der Waals surface area (Å²) in [5.41, 5.74) is 0.0964. The van der Waals surface area contributed by atoms with Crippen LogP contribution in [0.25, 0.3) is 5.65 Å². The minimum Gasteiger partial charge on any atom is -0.476 e. The largest absolute Gasteiger partial charge is 0.476 e. The van der Waals surface area contributed by atoms with Gasteiger partial charge in [0, 0.05) is 12.2 Å². The fraction of sp³-hybridized carbons (Fsp3) is 0.571. The molecule has 4 fully saturated rings. The average Bonchev–Trinajstić information content (AvgIpc) is 3.04. The molecule has 7 heteroatoms. The molecule has 4 aliphatic rings. The van der Waals surface area contributed by atoms with Crippen LogP contribution in [-0.4, -0.2) is 43.1 Å². The van der Waals surface area contributed by atoms with Crippen LogP contribution in [0.15, 0.2) is 24.4 Å². The molecular weight excluding hydrogens is 358 g/mol. The molecule has 0 aliphatic heterocycles. The summed E-state index contributed by atoms with van der Waals surface area (Å²) in [4.78, 5) is 28.3. The number of imidazole rings is 1. The van der Waals surface area contributed by atoms with Crippen molar-refractivity contribution in [3.8, 4) is 0 Å². The first-order valence-electron chi connectivity index (χ1n) is 10.0. The van der Waals surface area contributed by atoms with Crippen molar-refractivity contribution in [2.75, 3.05) is 0 Å². The van der Waals surface area contributed by atoms with E-state index in [2.05, 4.69) is 10.3 Å². The van der Waals surface area contributed by atoms with Crippen LogP contribution in [0.1, 0.15) is 66.4 Å². The second-order valence-electron chi connectivity index (χ2n) is 9.31. The maximum absolute atomic E-state index is 13.1. The number of aliphatic hydroxyl groups is 1. The molecule has 0 spiro atoms. The Labute approximate surface area is 162 Å². The number of carboxylic acids is 1. The van der Waals surface area contributed by atoms with Crippen LogP contribution >= 0.6 is 0 Å². The van der Waals surface area contributed by atoms with Gasteiger partial charge in [-0.2, -0.15) is 0 Å². The van der Waals surface area contributed by atoms with Gasteiger partial charge < -0.3 is 15.5 Å². The van der Waals surface area contributed by atoms with E-state index in [-0.39, 0.29) is 23.1 Å². The maximum atomic E-state index is 13.1. The van der Waals surface area contributed by atoms with Crippen molar-refractivity contribution in [3.63, 3.8) is 0 Å². The summed E-state index contributed by atoms with van der Waals surface area (Å²) in [6.45, 7) is 2.05. The highest BCUT2D eigenvalue weighted by atomic mass is 16.4. The number of hydrogen-bond donors (Lipinski definition) is 3. The molecular formula is C21H25N3O4. The Balaban J connectivity index is 1.42. The zero-order chi connectivity index (χ0) is 19.7. The summed E-state index contributed by atoms with van der Waals surface area (Å²) in [7, 11) is 0. The summed E-state index contributed by atoms with van der Waals surface area (Å²) >= 11 is 0. The number of rotatable bonds is 4. The lowest BCUT2D eigenvalue weighted by Crippen LogP contribution is -2.61. The first kappa shape index (κ1) is 17.7. The Morgan fingerprint density at radius 2 is 1.96 bits per heavy atom. The third-order valence-electron chi connectivity index (χ3n) is 7.29. The third-order valence-corrected chi connectivity index (χ3v) is 7.29. The molecule has 6 rings (SSSR count). The fourth-order valence-electron chi connectivity index (χ4n) is 6.51. The van der Waals surface area contributed by atoms with Crippen molar-refractivity contribution >= 4 is 17.5 Å². The minimum atomic E-state index is -1.12. The summed E-state index contributed by atoms with van der Waals surface area (Å²) < 4.78 is 1.53. The first-order chi connectivity index (χ1) is 13.3.